The highest BCUT2D eigenvalue weighted by Crippen LogP contribution is 2.26. The first-order valence-corrected chi connectivity index (χ1v) is 10.2. The molecule has 2 aromatic rings. The molecular formula is C18H24N4O3S. The molecule has 26 heavy (non-hydrogen) atoms. The van der Waals surface area contributed by atoms with Gasteiger partial charge in [0.2, 0.25) is 0 Å². The molecule has 0 saturated heterocycles. The molecule has 0 amide bonds. The van der Waals surface area contributed by atoms with Crippen molar-refractivity contribution in [3.05, 3.63) is 35.9 Å². The lowest BCUT2D eigenvalue weighted by Gasteiger charge is -2.22. The van der Waals surface area contributed by atoms with Crippen LogP contribution < -0.4 is 14.8 Å². The smallest absolute Gasteiger partial charge is 0.266 e. The maximum absolute atomic E-state index is 12.7. The summed E-state index contributed by atoms with van der Waals surface area (Å²) in [4.78, 5) is 0.0752. The minimum Gasteiger partial charge on any atom is -0.495 e. The number of nitrogens with one attached hydrogen (secondary N) is 2. The molecule has 140 valence electrons. The topological polar surface area (TPSA) is 93.2 Å². The summed E-state index contributed by atoms with van der Waals surface area (Å²) >= 11 is 0. The Bertz CT molecular complexity index is 847. The Morgan fingerprint density at radius 2 is 1.73 bits per heavy atom. The third-order valence-electron chi connectivity index (χ3n) is 4.47. The number of aryl methyl sites for hydroxylation is 1. The summed E-state index contributed by atoms with van der Waals surface area (Å²) in [6.45, 7) is 1.82. The molecule has 0 radical (unpaired) electrons. The van der Waals surface area contributed by atoms with E-state index in [-0.39, 0.29) is 16.5 Å². The van der Waals surface area contributed by atoms with Crippen LogP contribution in [0.15, 0.2) is 35.2 Å². The van der Waals surface area contributed by atoms with Crippen LogP contribution in [0.4, 0.5) is 11.6 Å². The fourth-order valence-corrected chi connectivity index (χ4v) is 4.36. The molecule has 1 saturated carbocycles. The Kier molecular flexibility index (Phi) is 5.61. The van der Waals surface area contributed by atoms with Crippen LogP contribution >= 0.6 is 0 Å². The molecule has 1 aliphatic rings. The monoisotopic (exact) mass is 376 g/mol. The molecule has 0 aliphatic heterocycles. The first-order valence-electron chi connectivity index (χ1n) is 8.76. The molecule has 0 unspecified atom stereocenters. The summed E-state index contributed by atoms with van der Waals surface area (Å²) in [7, 11) is -2.38. The van der Waals surface area contributed by atoms with Crippen molar-refractivity contribution in [2.45, 2.75) is 50.0 Å². The molecule has 2 N–H and O–H groups in total. The van der Waals surface area contributed by atoms with E-state index in [1.54, 1.807) is 30.3 Å². The van der Waals surface area contributed by atoms with Gasteiger partial charge in [0, 0.05) is 6.04 Å². The number of anilines is 2. The standard InChI is InChI=1S/C18H24N4O3S/c1-13-8-9-15(25-2)16(12-13)26(23,24)22-18-11-10-17(20-21-18)19-14-6-4-3-5-7-14/h8-12,14H,3-7H2,1-2H3,(H,19,20)(H,21,22). The van der Waals surface area contributed by atoms with E-state index in [2.05, 4.69) is 20.2 Å². The van der Waals surface area contributed by atoms with Crippen LogP contribution in [0.3, 0.4) is 0 Å². The van der Waals surface area contributed by atoms with E-state index in [4.69, 9.17) is 4.74 Å². The second-order valence-electron chi connectivity index (χ2n) is 6.54. The SMILES string of the molecule is COc1ccc(C)cc1S(=O)(=O)Nc1ccc(NC2CCCCC2)nn1. The lowest BCUT2D eigenvalue weighted by molar-refractivity contribution is 0.402. The van der Waals surface area contributed by atoms with E-state index in [0.29, 0.717) is 11.9 Å². The molecule has 0 spiro atoms. The van der Waals surface area contributed by atoms with Crippen molar-refractivity contribution in [2.75, 3.05) is 17.1 Å². The zero-order chi connectivity index (χ0) is 18.6. The van der Waals surface area contributed by atoms with Crippen LogP contribution in [0.25, 0.3) is 0 Å². The van der Waals surface area contributed by atoms with Gasteiger partial charge < -0.3 is 10.1 Å². The molecule has 8 heteroatoms. The van der Waals surface area contributed by atoms with Crippen LogP contribution in [0, 0.1) is 6.92 Å². The van der Waals surface area contributed by atoms with Gasteiger partial charge in [0.05, 0.1) is 7.11 Å². The van der Waals surface area contributed by atoms with Gasteiger partial charge in [-0.15, -0.1) is 10.2 Å². The zero-order valence-corrected chi connectivity index (χ0v) is 15.8. The molecule has 7 nitrogen and oxygen atoms in total. The first-order chi connectivity index (χ1) is 12.5. The third kappa shape index (κ3) is 4.43. The average molecular weight is 376 g/mol. The first kappa shape index (κ1) is 18.4. The Balaban J connectivity index is 1.73. The van der Waals surface area contributed by atoms with E-state index in [1.165, 1.54) is 26.4 Å². The van der Waals surface area contributed by atoms with Gasteiger partial charge in [-0.3, -0.25) is 4.72 Å². The minimum atomic E-state index is -3.82. The summed E-state index contributed by atoms with van der Waals surface area (Å²) in [6, 6.07) is 8.76. The Hall–Kier alpha value is -2.35. The number of benzene rings is 1. The maximum atomic E-state index is 12.7. The number of sulfonamides is 1. The normalized spacial score (nSPS) is 15.5. The predicted octanol–water partition coefficient (Wildman–Crippen LogP) is 3.34. The van der Waals surface area contributed by atoms with E-state index in [0.717, 1.165) is 18.4 Å². The van der Waals surface area contributed by atoms with Gasteiger partial charge in [0.1, 0.15) is 16.5 Å². The Labute approximate surface area is 154 Å². The highest BCUT2D eigenvalue weighted by molar-refractivity contribution is 7.92. The molecular weight excluding hydrogens is 352 g/mol. The highest BCUT2D eigenvalue weighted by atomic mass is 32.2. The van der Waals surface area contributed by atoms with E-state index in [1.807, 2.05) is 6.92 Å². The zero-order valence-electron chi connectivity index (χ0n) is 15.0. The van der Waals surface area contributed by atoms with Gasteiger partial charge in [0.25, 0.3) is 10.0 Å². The number of nitrogens with zero attached hydrogens (tertiary/aromatic N) is 2. The van der Waals surface area contributed by atoms with E-state index in [9.17, 15) is 8.42 Å². The molecule has 1 aliphatic carbocycles. The number of methoxy groups -OCH3 is 1. The summed E-state index contributed by atoms with van der Waals surface area (Å²) in [6.07, 6.45) is 5.99. The Morgan fingerprint density at radius 3 is 2.38 bits per heavy atom. The van der Waals surface area contributed by atoms with E-state index >= 15 is 0 Å². The lowest BCUT2D eigenvalue weighted by atomic mass is 9.95. The van der Waals surface area contributed by atoms with Crippen LogP contribution in [-0.2, 0) is 10.0 Å². The predicted molar refractivity (Wildman–Crippen MR) is 101 cm³/mol. The number of hydrogen-bond acceptors (Lipinski definition) is 6. The minimum absolute atomic E-state index is 0.0752. The van der Waals surface area contributed by atoms with Crippen molar-refractivity contribution >= 4 is 21.7 Å². The van der Waals surface area contributed by atoms with Gasteiger partial charge in [-0.2, -0.15) is 0 Å². The van der Waals surface area contributed by atoms with Crippen molar-refractivity contribution in [2.24, 2.45) is 0 Å². The molecule has 3 rings (SSSR count). The number of aromatic nitrogens is 2. The molecule has 1 aromatic heterocycles. The van der Waals surface area contributed by atoms with Crippen LogP contribution in [-0.4, -0.2) is 31.8 Å². The summed E-state index contributed by atoms with van der Waals surface area (Å²) in [5, 5.41) is 11.4. The lowest BCUT2D eigenvalue weighted by Crippen LogP contribution is -2.23. The quantitative estimate of drug-likeness (QED) is 0.803. The fourth-order valence-electron chi connectivity index (χ4n) is 3.11. The second kappa shape index (κ2) is 7.90. The van der Waals surface area contributed by atoms with Crippen LogP contribution in [0.1, 0.15) is 37.7 Å². The average Bonchev–Trinajstić information content (AvgIpc) is 2.64. The molecule has 0 bridgehead atoms. The number of rotatable bonds is 6. The fraction of sp³-hybridized carbons (Fsp3) is 0.444. The number of hydrogen-bond donors (Lipinski definition) is 2. The van der Waals surface area contributed by atoms with Crippen molar-refractivity contribution in [1.82, 2.24) is 10.2 Å². The van der Waals surface area contributed by atoms with Crippen molar-refractivity contribution in [3.63, 3.8) is 0 Å². The molecule has 1 aromatic carbocycles. The summed E-state index contributed by atoms with van der Waals surface area (Å²) < 4.78 is 32.9. The van der Waals surface area contributed by atoms with Crippen molar-refractivity contribution in [3.8, 4) is 5.75 Å². The van der Waals surface area contributed by atoms with Crippen LogP contribution in [0.5, 0.6) is 5.75 Å². The maximum Gasteiger partial charge on any atom is 0.266 e. The van der Waals surface area contributed by atoms with Gasteiger partial charge in [-0.05, 0) is 49.6 Å². The summed E-state index contributed by atoms with van der Waals surface area (Å²) in [5.41, 5.74) is 0.823. The highest BCUT2D eigenvalue weighted by Gasteiger charge is 2.21. The summed E-state index contributed by atoms with van der Waals surface area (Å²) in [5.74, 6) is 1.11. The number of ether oxygens (including phenoxy) is 1. The molecule has 1 heterocycles. The van der Waals surface area contributed by atoms with Crippen molar-refractivity contribution in [1.29, 1.82) is 0 Å². The van der Waals surface area contributed by atoms with Gasteiger partial charge >= 0.3 is 0 Å². The van der Waals surface area contributed by atoms with Gasteiger partial charge in [-0.1, -0.05) is 25.3 Å². The van der Waals surface area contributed by atoms with Crippen LogP contribution in [0.2, 0.25) is 0 Å². The largest absolute Gasteiger partial charge is 0.495 e. The van der Waals surface area contributed by atoms with Gasteiger partial charge in [-0.25, -0.2) is 8.42 Å². The molecule has 1 fully saturated rings. The van der Waals surface area contributed by atoms with Crippen molar-refractivity contribution < 1.29 is 13.2 Å². The molecule has 0 atom stereocenters. The second-order valence-corrected chi connectivity index (χ2v) is 8.19. The van der Waals surface area contributed by atoms with Gasteiger partial charge in [0.15, 0.2) is 5.82 Å². The van der Waals surface area contributed by atoms with E-state index < -0.39 is 10.0 Å². The third-order valence-corrected chi connectivity index (χ3v) is 5.85. The Morgan fingerprint density at radius 1 is 1.04 bits per heavy atom.